The number of carbonyl (C=O) groups is 1. The number of nitrogens with zero attached hydrogens (tertiary/aromatic N) is 2. The van der Waals surface area contributed by atoms with Crippen molar-refractivity contribution in [2.45, 2.75) is 40.7 Å². The Kier molecular flexibility index (Phi) is 6.24. The maximum absolute atomic E-state index is 12.6. The van der Waals surface area contributed by atoms with Gasteiger partial charge in [0.15, 0.2) is 4.80 Å². The summed E-state index contributed by atoms with van der Waals surface area (Å²) < 4.78 is 8.75. The number of hydrogen-bond acceptors (Lipinski definition) is 3. The van der Waals surface area contributed by atoms with E-state index in [2.05, 4.69) is 47.7 Å². The van der Waals surface area contributed by atoms with Gasteiger partial charge in [-0.25, -0.2) is 0 Å². The lowest BCUT2D eigenvalue weighted by atomic mass is 10.0. The second kappa shape index (κ2) is 8.63. The summed E-state index contributed by atoms with van der Waals surface area (Å²) in [7, 11) is 0. The predicted molar refractivity (Wildman–Crippen MR) is 111 cm³/mol. The number of aryl methyl sites for hydroxylation is 3. The van der Waals surface area contributed by atoms with Crippen LogP contribution in [0.4, 0.5) is 0 Å². The van der Waals surface area contributed by atoms with Crippen molar-refractivity contribution in [3.63, 3.8) is 0 Å². The van der Waals surface area contributed by atoms with Gasteiger partial charge in [-0.3, -0.25) is 4.79 Å². The van der Waals surface area contributed by atoms with Crippen molar-refractivity contribution in [2.24, 2.45) is 4.99 Å². The summed E-state index contributed by atoms with van der Waals surface area (Å²) in [5.74, 6) is -0.115. The van der Waals surface area contributed by atoms with Crippen LogP contribution in [0, 0.1) is 20.8 Å². The Labute approximate surface area is 164 Å². The van der Waals surface area contributed by atoms with E-state index in [4.69, 9.17) is 4.74 Å². The molecule has 0 fully saturated rings. The van der Waals surface area contributed by atoms with E-state index in [1.165, 1.54) is 11.1 Å². The Morgan fingerprint density at radius 2 is 1.85 bits per heavy atom. The summed E-state index contributed by atoms with van der Waals surface area (Å²) in [5, 5.41) is 0. The van der Waals surface area contributed by atoms with E-state index in [0.717, 1.165) is 26.1 Å². The lowest BCUT2D eigenvalue weighted by Crippen LogP contribution is -2.20. The number of thiazole rings is 1. The van der Waals surface area contributed by atoms with E-state index in [1.54, 1.807) is 11.3 Å². The van der Waals surface area contributed by atoms with Crippen molar-refractivity contribution in [3.8, 4) is 0 Å². The summed E-state index contributed by atoms with van der Waals surface area (Å²) in [4.78, 5) is 17.8. The second-order valence-corrected chi connectivity index (χ2v) is 7.83. The summed E-state index contributed by atoms with van der Waals surface area (Å²) in [6.07, 6.45) is 0.324. The number of ether oxygens (including phenoxy) is 1. The van der Waals surface area contributed by atoms with Gasteiger partial charge in [-0.15, -0.1) is 0 Å². The molecule has 0 radical (unpaired) electrons. The smallest absolute Gasteiger partial charge is 0.252 e. The predicted octanol–water partition coefficient (Wildman–Crippen LogP) is 4.33. The fourth-order valence-electron chi connectivity index (χ4n) is 3.14. The van der Waals surface area contributed by atoms with Crippen LogP contribution in [0.1, 0.15) is 29.2 Å². The van der Waals surface area contributed by atoms with Gasteiger partial charge < -0.3 is 9.30 Å². The van der Waals surface area contributed by atoms with Crippen LogP contribution in [0.3, 0.4) is 0 Å². The molecule has 2 aromatic carbocycles. The van der Waals surface area contributed by atoms with Crippen LogP contribution in [-0.4, -0.2) is 23.7 Å². The van der Waals surface area contributed by atoms with Crippen molar-refractivity contribution < 1.29 is 9.53 Å². The maximum Gasteiger partial charge on any atom is 0.252 e. The zero-order chi connectivity index (χ0) is 19.4. The molecule has 1 aromatic heterocycles. The van der Waals surface area contributed by atoms with E-state index in [0.29, 0.717) is 26.2 Å². The largest absolute Gasteiger partial charge is 0.380 e. The number of amides is 1. The molecule has 0 saturated heterocycles. The number of hydrogen-bond donors (Lipinski definition) is 0. The zero-order valence-electron chi connectivity index (χ0n) is 16.4. The Morgan fingerprint density at radius 1 is 1.11 bits per heavy atom. The van der Waals surface area contributed by atoms with Crippen LogP contribution in [0.25, 0.3) is 10.2 Å². The minimum absolute atomic E-state index is 0.115. The SMILES string of the molecule is CCOCCn1c(=NC(=O)Cc2ccc(C)cc2C)sc2cc(C)ccc21. The van der Waals surface area contributed by atoms with Crippen molar-refractivity contribution in [1.82, 2.24) is 4.57 Å². The van der Waals surface area contributed by atoms with Crippen molar-refractivity contribution in [2.75, 3.05) is 13.2 Å². The molecule has 5 heteroatoms. The molecule has 0 unspecified atom stereocenters. The molecule has 0 aliphatic carbocycles. The Bertz CT molecular complexity index is 1030. The normalized spacial score (nSPS) is 12.1. The van der Waals surface area contributed by atoms with Crippen molar-refractivity contribution in [3.05, 3.63) is 63.5 Å². The monoisotopic (exact) mass is 382 g/mol. The molecule has 0 bridgehead atoms. The highest BCUT2D eigenvalue weighted by Crippen LogP contribution is 2.19. The average molecular weight is 383 g/mol. The quantitative estimate of drug-likeness (QED) is 0.596. The first-order chi connectivity index (χ1) is 13.0. The number of rotatable bonds is 6. The van der Waals surface area contributed by atoms with Crippen molar-refractivity contribution in [1.29, 1.82) is 0 Å². The van der Waals surface area contributed by atoms with Gasteiger partial charge >= 0.3 is 0 Å². The summed E-state index contributed by atoms with van der Waals surface area (Å²) in [5.41, 5.74) is 5.67. The van der Waals surface area contributed by atoms with E-state index in [-0.39, 0.29) is 5.91 Å². The fraction of sp³-hybridized carbons (Fsp3) is 0.364. The van der Waals surface area contributed by atoms with E-state index >= 15 is 0 Å². The fourth-order valence-corrected chi connectivity index (χ4v) is 4.31. The zero-order valence-corrected chi connectivity index (χ0v) is 17.2. The van der Waals surface area contributed by atoms with Gasteiger partial charge in [-0.2, -0.15) is 4.99 Å². The van der Waals surface area contributed by atoms with E-state index in [9.17, 15) is 4.79 Å². The first kappa shape index (κ1) is 19.5. The third-order valence-corrected chi connectivity index (χ3v) is 5.60. The maximum atomic E-state index is 12.6. The standard InChI is InChI=1S/C22H26N2O2S/c1-5-26-11-10-24-19-9-7-16(3)13-20(19)27-22(24)23-21(25)14-18-8-6-15(2)12-17(18)4/h6-9,12-13H,5,10-11,14H2,1-4H3. The summed E-state index contributed by atoms with van der Waals surface area (Å²) in [6, 6.07) is 12.5. The minimum atomic E-state index is -0.115. The first-order valence-corrected chi connectivity index (χ1v) is 10.1. The highest BCUT2D eigenvalue weighted by molar-refractivity contribution is 7.16. The van der Waals surface area contributed by atoms with Crippen LogP contribution in [-0.2, 0) is 22.5 Å². The Morgan fingerprint density at radius 3 is 2.59 bits per heavy atom. The first-order valence-electron chi connectivity index (χ1n) is 9.29. The number of benzene rings is 2. The lowest BCUT2D eigenvalue weighted by molar-refractivity contribution is -0.117. The Hall–Kier alpha value is -2.24. The molecule has 3 rings (SSSR count). The molecule has 0 aliphatic rings. The van der Waals surface area contributed by atoms with Crippen LogP contribution < -0.4 is 4.80 Å². The van der Waals surface area contributed by atoms with E-state index in [1.807, 2.05) is 26.0 Å². The molecule has 0 saturated carbocycles. The van der Waals surface area contributed by atoms with Gasteiger partial charge in [-0.05, 0) is 56.5 Å². The average Bonchev–Trinajstić information content (AvgIpc) is 2.94. The van der Waals surface area contributed by atoms with Gasteiger partial charge in [0.2, 0.25) is 0 Å². The molecular weight excluding hydrogens is 356 g/mol. The summed E-state index contributed by atoms with van der Waals surface area (Å²) in [6.45, 7) is 10.1. The van der Waals surface area contributed by atoms with Gasteiger partial charge in [0.1, 0.15) is 0 Å². The third kappa shape index (κ3) is 4.73. The van der Waals surface area contributed by atoms with E-state index < -0.39 is 0 Å². The van der Waals surface area contributed by atoms with Crippen LogP contribution >= 0.6 is 11.3 Å². The van der Waals surface area contributed by atoms with Crippen LogP contribution in [0.2, 0.25) is 0 Å². The van der Waals surface area contributed by atoms with Gasteiger partial charge in [-0.1, -0.05) is 41.2 Å². The molecule has 4 nitrogen and oxygen atoms in total. The minimum Gasteiger partial charge on any atom is -0.380 e. The highest BCUT2D eigenvalue weighted by atomic mass is 32.1. The van der Waals surface area contributed by atoms with Gasteiger partial charge in [0.05, 0.1) is 23.2 Å². The molecule has 27 heavy (non-hydrogen) atoms. The molecule has 3 aromatic rings. The molecule has 0 N–H and O–H groups in total. The number of carbonyl (C=O) groups excluding carboxylic acids is 1. The van der Waals surface area contributed by atoms with Gasteiger partial charge in [0, 0.05) is 13.2 Å². The second-order valence-electron chi connectivity index (χ2n) is 6.82. The van der Waals surface area contributed by atoms with Crippen molar-refractivity contribution >= 4 is 27.5 Å². The molecule has 0 atom stereocenters. The number of fused-ring (bicyclic) bond motifs is 1. The third-order valence-electron chi connectivity index (χ3n) is 4.56. The Balaban J connectivity index is 1.95. The van der Waals surface area contributed by atoms with Crippen LogP contribution in [0.15, 0.2) is 41.4 Å². The summed E-state index contributed by atoms with van der Waals surface area (Å²) >= 11 is 1.56. The van der Waals surface area contributed by atoms with Crippen LogP contribution in [0.5, 0.6) is 0 Å². The molecule has 1 heterocycles. The molecule has 0 spiro atoms. The molecular formula is C22H26N2O2S. The molecule has 142 valence electrons. The topological polar surface area (TPSA) is 43.6 Å². The molecule has 1 amide bonds. The lowest BCUT2D eigenvalue weighted by Gasteiger charge is -2.06. The van der Waals surface area contributed by atoms with Gasteiger partial charge in [0.25, 0.3) is 5.91 Å². The number of aromatic nitrogens is 1. The molecule has 0 aliphatic heterocycles. The highest BCUT2D eigenvalue weighted by Gasteiger charge is 2.10.